The van der Waals surface area contributed by atoms with Crippen LogP contribution in [-0.4, -0.2) is 24.1 Å². The summed E-state index contributed by atoms with van der Waals surface area (Å²) >= 11 is 0. The summed E-state index contributed by atoms with van der Waals surface area (Å²) in [5.74, 6) is 1.04. The first-order chi connectivity index (χ1) is 7.50. The Bertz CT molecular complexity index is 321. The van der Waals surface area contributed by atoms with E-state index in [4.69, 9.17) is 0 Å². The Morgan fingerprint density at radius 3 is 2.56 bits per heavy atom. The van der Waals surface area contributed by atoms with Crippen LogP contribution in [-0.2, 0) is 6.54 Å². The lowest BCUT2D eigenvalue weighted by molar-refractivity contribution is 0.588. The molecule has 1 rings (SSSR count). The molecular weight excluding hydrogens is 198 g/mol. The number of aromatic nitrogens is 1. The van der Waals surface area contributed by atoms with E-state index in [9.17, 15) is 0 Å². The minimum absolute atomic E-state index is 0.473. The van der Waals surface area contributed by atoms with Crippen LogP contribution in [0.1, 0.15) is 33.3 Å². The molecule has 0 bridgehead atoms. The minimum Gasteiger partial charge on any atom is -0.357 e. The van der Waals surface area contributed by atoms with E-state index in [1.165, 1.54) is 5.56 Å². The normalized spacial score (nSPS) is 11.2. The van der Waals surface area contributed by atoms with Crippen molar-refractivity contribution < 1.29 is 0 Å². The lowest BCUT2D eigenvalue weighted by atomic mass is 10.2. The van der Waals surface area contributed by atoms with Crippen molar-refractivity contribution >= 4 is 5.82 Å². The highest BCUT2D eigenvalue weighted by Gasteiger charge is 2.06. The zero-order chi connectivity index (χ0) is 12.1. The minimum atomic E-state index is 0.473. The van der Waals surface area contributed by atoms with Crippen molar-refractivity contribution in [3.63, 3.8) is 0 Å². The number of anilines is 1. The van der Waals surface area contributed by atoms with E-state index in [0.717, 1.165) is 12.4 Å². The van der Waals surface area contributed by atoms with Crippen molar-refractivity contribution in [3.05, 3.63) is 23.9 Å². The molecule has 0 spiro atoms. The maximum atomic E-state index is 4.39. The molecule has 3 heteroatoms. The van der Waals surface area contributed by atoms with E-state index in [2.05, 4.69) is 62.1 Å². The second kappa shape index (κ2) is 5.85. The molecule has 1 N–H and O–H groups in total. The number of rotatable bonds is 5. The number of nitrogens with one attached hydrogen (secondary N) is 1. The van der Waals surface area contributed by atoms with Crippen LogP contribution < -0.4 is 10.2 Å². The summed E-state index contributed by atoms with van der Waals surface area (Å²) in [6.45, 7) is 9.55. The van der Waals surface area contributed by atoms with E-state index in [0.29, 0.717) is 12.1 Å². The van der Waals surface area contributed by atoms with Gasteiger partial charge in [-0.25, -0.2) is 4.98 Å². The fourth-order valence-corrected chi connectivity index (χ4v) is 1.35. The third-order valence-electron chi connectivity index (χ3n) is 2.66. The summed E-state index contributed by atoms with van der Waals surface area (Å²) in [4.78, 5) is 6.57. The van der Waals surface area contributed by atoms with Gasteiger partial charge in [0.15, 0.2) is 0 Å². The van der Waals surface area contributed by atoms with E-state index < -0.39 is 0 Å². The molecule has 0 fully saturated rings. The highest BCUT2D eigenvalue weighted by Crippen LogP contribution is 2.13. The topological polar surface area (TPSA) is 28.2 Å². The van der Waals surface area contributed by atoms with Gasteiger partial charge in [-0.1, -0.05) is 13.8 Å². The molecule has 0 aliphatic heterocycles. The summed E-state index contributed by atoms with van der Waals surface area (Å²) in [5.41, 5.74) is 1.28. The first-order valence-electron chi connectivity index (χ1n) is 5.92. The van der Waals surface area contributed by atoms with E-state index in [1.54, 1.807) is 0 Å². The average molecular weight is 221 g/mol. The third kappa shape index (κ3) is 3.81. The van der Waals surface area contributed by atoms with Gasteiger partial charge in [0.1, 0.15) is 5.82 Å². The Balaban J connectivity index is 2.71. The van der Waals surface area contributed by atoms with Crippen molar-refractivity contribution in [3.8, 4) is 0 Å². The van der Waals surface area contributed by atoms with Crippen LogP contribution in [0.4, 0.5) is 5.82 Å². The number of nitrogens with zero attached hydrogens (tertiary/aromatic N) is 2. The molecule has 3 nitrogen and oxygen atoms in total. The molecule has 1 aromatic heterocycles. The lowest BCUT2D eigenvalue weighted by Crippen LogP contribution is -2.27. The Labute approximate surface area is 98.9 Å². The summed E-state index contributed by atoms with van der Waals surface area (Å²) in [7, 11) is 2.08. The quantitative estimate of drug-likeness (QED) is 0.827. The zero-order valence-electron chi connectivity index (χ0n) is 11.0. The van der Waals surface area contributed by atoms with Gasteiger partial charge in [0.2, 0.25) is 0 Å². The predicted molar refractivity (Wildman–Crippen MR) is 69.8 cm³/mol. The summed E-state index contributed by atoms with van der Waals surface area (Å²) < 4.78 is 0. The van der Waals surface area contributed by atoms with Gasteiger partial charge in [-0.3, -0.25) is 0 Å². The first kappa shape index (κ1) is 13.0. The van der Waals surface area contributed by atoms with Gasteiger partial charge < -0.3 is 10.2 Å². The Kier molecular flexibility index (Phi) is 4.74. The van der Waals surface area contributed by atoms with Gasteiger partial charge in [0.05, 0.1) is 0 Å². The van der Waals surface area contributed by atoms with E-state index in [-0.39, 0.29) is 0 Å². The van der Waals surface area contributed by atoms with E-state index >= 15 is 0 Å². The first-order valence-corrected chi connectivity index (χ1v) is 5.92. The molecule has 0 saturated carbocycles. The van der Waals surface area contributed by atoms with Crippen LogP contribution in [0, 0.1) is 0 Å². The largest absolute Gasteiger partial charge is 0.357 e. The maximum Gasteiger partial charge on any atom is 0.128 e. The summed E-state index contributed by atoms with van der Waals surface area (Å²) in [5, 5.41) is 3.41. The third-order valence-corrected chi connectivity index (χ3v) is 2.66. The smallest absolute Gasteiger partial charge is 0.128 e. The van der Waals surface area contributed by atoms with Crippen LogP contribution >= 0.6 is 0 Å². The Morgan fingerprint density at radius 1 is 1.31 bits per heavy atom. The molecule has 0 aliphatic carbocycles. The molecule has 1 heterocycles. The van der Waals surface area contributed by atoms with E-state index in [1.807, 2.05) is 6.20 Å². The molecule has 0 unspecified atom stereocenters. The Morgan fingerprint density at radius 2 is 2.00 bits per heavy atom. The fourth-order valence-electron chi connectivity index (χ4n) is 1.35. The molecular formula is C13H23N3. The maximum absolute atomic E-state index is 4.39. The number of hydrogen-bond acceptors (Lipinski definition) is 3. The van der Waals surface area contributed by atoms with Crippen molar-refractivity contribution in [2.45, 2.75) is 46.3 Å². The standard InChI is InChI=1S/C13H23N3/c1-10(2)15-9-12-6-7-14-13(8-12)16(5)11(3)4/h6-8,10-11,15H,9H2,1-5H3. The molecule has 0 aromatic carbocycles. The molecule has 90 valence electrons. The number of hydrogen-bond donors (Lipinski definition) is 1. The van der Waals surface area contributed by atoms with Gasteiger partial charge in [-0.2, -0.15) is 0 Å². The SMILES string of the molecule is CC(C)NCc1ccnc(N(C)C(C)C)c1. The van der Waals surface area contributed by atoms with Crippen LogP contribution in [0.15, 0.2) is 18.3 Å². The molecule has 16 heavy (non-hydrogen) atoms. The highest BCUT2D eigenvalue weighted by atomic mass is 15.2. The lowest BCUT2D eigenvalue weighted by Gasteiger charge is -2.23. The molecule has 0 saturated heterocycles. The van der Waals surface area contributed by atoms with Gasteiger partial charge in [-0.05, 0) is 31.5 Å². The van der Waals surface area contributed by atoms with Crippen molar-refractivity contribution in [2.24, 2.45) is 0 Å². The summed E-state index contributed by atoms with van der Waals surface area (Å²) in [6.07, 6.45) is 1.88. The van der Waals surface area contributed by atoms with Crippen LogP contribution in [0.5, 0.6) is 0 Å². The van der Waals surface area contributed by atoms with Crippen molar-refractivity contribution in [2.75, 3.05) is 11.9 Å². The van der Waals surface area contributed by atoms with Gasteiger partial charge in [0.25, 0.3) is 0 Å². The highest BCUT2D eigenvalue weighted by molar-refractivity contribution is 5.40. The summed E-state index contributed by atoms with van der Waals surface area (Å²) in [6, 6.07) is 5.20. The second-order valence-corrected chi connectivity index (χ2v) is 4.76. The fraction of sp³-hybridized carbons (Fsp3) is 0.615. The molecule has 0 atom stereocenters. The van der Waals surface area contributed by atoms with Crippen molar-refractivity contribution in [1.82, 2.24) is 10.3 Å². The van der Waals surface area contributed by atoms with Gasteiger partial charge >= 0.3 is 0 Å². The zero-order valence-corrected chi connectivity index (χ0v) is 11.0. The van der Waals surface area contributed by atoms with Gasteiger partial charge in [0, 0.05) is 31.9 Å². The van der Waals surface area contributed by atoms with Crippen molar-refractivity contribution in [1.29, 1.82) is 0 Å². The molecule has 0 amide bonds. The molecule has 0 radical (unpaired) electrons. The van der Waals surface area contributed by atoms with Gasteiger partial charge in [-0.15, -0.1) is 0 Å². The van der Waals surface area contributed by atoms with Crippen LogP contribution in [0.25, 0.3) is 0 Å². The average Bonchev–Trinajstić information content (AvgIpc) is 2.25. The molecule has 1 aromatic rings. The second-order valence-electron chi connectivity index (χ2n) is 4.76. The monoisotopic (exact) mass is 221 g/mol. The number of pyridine rings is 1. The predicted octanol–water partition coefficient (Wildman–Crippen LogP) is 2.42. The van der Waals surface area contributed by atoms with Crippen LogP contribution in [0.2, 0.25) is 0 Å². The Hall–Kier alpha value is -1.09. The molecule has 0 aliphatic rings. The van der Waals surface area contributed by atoms with Crippen LogP contribution in [0.3, 0.4) is 0 Å².